The second-order valence-corrected chi connectivity index (χ2v) is 6.99. The summed E-state index contributed by atoms with van der Waals surface area (Å²) in [4.78, 5) is 33.2. The lowest BCUT2D eigenvalue weighted by atomic mass is 9.93. The van der Waals surface area contributed by atoms with E-state index < -0.39 is 5.97 Å². The summed E-state index contributed by atoms with van der Waals surface area (Å²) < 4.78 is 5.45. The summed E-state index contributed by atoms with van der Waals surface area (Å²) in [5.41, 5.74) is 3.34. The van der Waals surface area contributed by atoms with E-state index in [0.29, 0.717) is 48.9 Å². The molecule has 0 fully saturated rings. The highest BCUT2D eigenvalue weighted by molar-refractivity contribution is 5.90. The molecule has 0 unspecified atom stereocenters. The fourth-order valence-electron chi connectivity index (χ4n) is 3.78. The molecule has 4 rings (SSSR count). The van der Waals surface area contributed by atoms with Crippen LogP contribution in [-0.4, -0.2) is 39.6 Å². The van der Waals surface area contributed by atoms with Gasteiger partial charge in [0.2, 0.25) is 0 Å². The zero-order valence-electron chi connectivity index (χ0n) is 16.0. The van der Waals surface area contributed by atoms with E-state index in [9.17, 15) is 14.7 Å². The number of aromatic amines is 1. The molecule has 2 aromatic carbocycles. The molecule has 0 saturated heterocycles. The highest BCUT2D eigenvalue weighted by atomic mass is 16.5. The monoisotopic (exact) mass is 391 g/mol. The van der Waals surface area contributed by atoms with Gasteiger partial charge >= 0.3 is 5.97 Å². The first-order valence-electron chi connectivity index (χ1n) is 9.35. The highest BCUT2D eigenvalue weighted by Crippen LogP contribution is 2.31. The highest BCUT2D eigenvalue weighted by Gasteiger charge is 2.25. The first kappa shape index (κ1) is 18.9. The molecule has 29 heavy (non-hydrogen) atoms. The van der Waals surface area contributed by atoms with Crippen molar-refractivity contribution in [1.82, 2.24) is 14.9 Å². The minimum absolute atomic E-state index is 0.197. The minimum atomic E-state index is -0.930. The van der Waals surface area contributed by atoms with E-state index in [1.54, 1.807) is 19.2 Å². The number of H-pyrrole nitrogens is 1. The van der Waals surface area contributed by atoms with E-state index in [-0.39, 0.29) is 5.56 Å². The number of benzene rings is 2. The Kier molecular flexibility index (Phi) is 5.14. The zero-order chi connectivity index (χ0) is 20.4. The minimum Gasteiger partial charge on any atom is -0.496 e. The number of carboxylic acids is 1. The van der Waals surface area contributed by atoms with Gasteiger partial charge in [0.25, 0.3) is 5.56 Å². The molecule has 148 valence electrons. The Morgan fingerprint density at radius 2 is 2.00 bits per heavy atom. The predicted molar refractivity (Wildman–Crippen MR) is 108 cm³/mol. The molecular formula is C22H21N3O4. The first-order chi connectivity index (χ1) is 14.0. The molecule has 0 atom stereocenters. The fourth-order valence-corrected chi connectivity index (χ4v) is 3.78. The van der Waals surface area contributed by atoms with Gasteiger partial charge in [-0.05, 0) is 24.1 Å². The second kappa shape index (κ2) is 7.89. The molecule has 0 amide bonds. The van der Waals surface area contributed by atoms with Crippen molar-refractivity contribution in [3.8, 4) is 17.1 Å². The predicted octanol–water partition coefficient (Wildman–Crippen LogP) is 2.70. The number of carbonyl (C=O) groups is 1. The summed E-state index contributed by atoms with van der Waals surface area (Å²) in [5.74, 6) is 0.288. The van der Waals surface area contributed by atoms with Gasteiger partial charge in [0, 0.05) is 36.8 Å². The molecule has 0 radical (unpaired) electrons. The number of nitrogens with zero attached hydrogens (tertiary/aromatic N) is 2. The molecule has 2 N–H and O–H groups in total. The topological polar surface area (TPSA) is 95.5 Å². The van der Waals surface area contributed by atoms with Gasteiger partial charge in [-0.3, -0.25) is 9.69 Å². The lowest BCUT2D eigenvalue weighted by Gasteiger charge is -2.30. The van der Waals surface area contributed by atoms with E-state index >= 15 is 0 Å². The van der Waals surface area contributed by atoms with E-state index in [2.05, 4.69) is 14.9 Å². The average Bonchev–Trinajstić information content (AvgIpc) is 2.73. The third kappa shape index (κ3) is 3.90. The smallest absolute Gasteiger partial charge is 0.335 e. The van der Waals surface area contributed by atoms with E-state index in [1.165, 1.54) is 6.07 Å². The van der Waals surface area contributed by atoms with Crippen LogP contribution in [0.3, 0.4) is 0 Å². The Bertz CT molecular complexity index is 1110. The van der Waals surface area contributed by atoms with Crippen molar-refractivity contribution in [1.29, 1.82) is 0 Å². The van der Waals surface area contributed by atoms with Crippen molar-refractivity contribution in [2.75, 3.05) is 13.7 Å². The molecule has 2 heterocycles. The van der Waals surface area contributed by atoms with Crippen molar-refractivity contribution in [2.45, 2.75) is 19.5 Å². The summed E-state index contributed by atoms with van der Waals surface area (Å²) in [7, 11) is 1.58. The van der Waals surface area contributed by atoms with Crippen LogP contribution in [0, 0.1) is 0 Å². The molecule has 0 saturated carbocycles. The zero-order valence-corrected chi connectivity index (χ0v) is 16.0. The van der Waals surface area contributed by atoms with Crippen molar-refractivity contribution in [3.05, 3.63) is 81.3 Å². The number of ether oxygens (including phenoxy) is 1. The Morgan fingerprint density at radius 3 is 2.72 bits per heavy atom. The maximum absolute atomic E-state index is 12.1. The number of carboxylic acid groups (broad SMARTS) is 1. The number of aromatic nitrogens is 2. The van der Waals surface area contributed by atoms with E-state index in [0.717, 1.165) is 16.7 Å². The van der Waals surface area contributed by atoms with Crippen molar-refractivity contribution < 1.29 is 14.6 Å². The maximum atomic E-state index is 12.1. The van der Waals surface area contributed by atoms with Crippen molar-refractivity contribution >= 4 is 5.97 Å². The molecular weight excluding hydrogens is 370 g/mol. The maximum Gasteiger partial charge on any atom is 0.335 e. The summed E-state index contributed by atoms with van der Waals surface area (Å²) in [6.07, 6.45) is 0.600. The van der Waals surface area contributed by atoms with Gasteiger partial charge in [-0.15, -0.1) is 0 Å². The van der Waals surface area contributed by atoms with Crippen LogP contribution in [0.1, 0.15) is 27.2 Å². The van der Waals surface area contributed by atoms with Gasteiger partial charge in [0.15, 0.2) is 0 Å². The molecule has 3 aromatic rings. The van der Waals surface area contributed by atoms with Gasteiger partial charge in [-0.25, -0.2) is 9.78 Å². The van der Waals surface area contributed by atoms with E-state index in [1.807, 2.05) is 30.3 Å². The molecule has 7 heteroatoms. The van der Waals surface area contributed by atoms with Gasteiger partial charge < -0.3 is 14.8 Å². The van der Waals surface area contributed by atoms with Crippen LogP contribution >= 0.6 is 0 Å². The van der Waals surface area contributed by atoms with Crippen LogP contribution in [0.15, 0.2) is 53.3 Å². The average molecular weight is 391 g/mol. The van der Waals surface area contributed by atoms with Crippen LogP contribution in [0.2, 0.25) is 0 Å². The van der Waals surface area contributed by atoms with Crippen LogP contribution in [0.25, 0.3) is 11.4 Å². The van der Waals surface area contributed by atoms with Crippen molar-refractivity contribution in [2.24, 2.45) is 0 Å². The number of methoxy groups -OCH3 is 1. The molecule has 1 aliphatic heterocycles. The summed E-state index contributed by atoms with van der Waals surface area (Å²) in [5, 5.41) is 9.47. The Labute approximate surface area is 167 Å². The molecule has 0 bridgehead atoms. The first-order valence-corrected chi connectivity index (χ1v) is 9.35. The lowest BCUT2D eigenvalue weighted by molar-refractivity contribution is 0.0694. The Balaban J connectivity index is 1.62. The van der Waals surface area contributed by atoms with Gasteiger partial charge in [0.1, 0.15) is 11.6 Å². The van der Waals surface area contributed by atoms with Crippen LogP contribution in [-0.2, 0) is 19.5 Å². The Morgan fingerprint density at radius 1 is 1.21 bits per heavy atom. The van der Waals surface area contributed by atoms with Crippen LogP contribution in [0.5, 0.6) is 5.75 Å². The molecule has 0 aliphatic carbocycles. The number of nitrogens with one attached hydrogen (secondary N) is 1. The van der Waals surface area contributed by atoms with Gasteiger partial charge in [0.05, 0.1) is 18.4 Å². The van der Waals surface area contributed by atoms with Gasteiger partial charge in [-0.2, -0.15) is 0 Å². The molecule has 1 aromatic heterocycles. The number of fused-ring (bicyclic) bond motifs is 1. The second-order valence-electron chi connectivity index (χ2n) is 6.99. The number of hydrogen-bond donors (Lipinski definition) is 2. The van der Waals surface area contributed by atoms with E-state index in [4.69, 9.17) is 4.74 Å². The standard InChI is InChI=1S/C22H21N3O4/c1-29-19-8-7-17(22(27)28)16-9-10-25(13-18(16)19)12-15-11-20(26)24-21(23-15)14-5-3-2-4-6-14/h2-8,11H,9-10,12-13H2,1H3,(H,27,28)(H,23,24,26). The van der Waals surface area contributed by atoms with Crippen LogP contribution < -0.4 is 10.3 Å². The summed E-state index contributed by atoms with van der Waals surface area (Å²) in [6.45, 7) is 1.70. The lowest BCUT2D eigenvalue weighted by Crippen LogP contribution is -2.32. The number of hydrogen-bond acceptors (Lipinski definition) is 5. The fraction of sp³-hybridized carbons (Fsp3) is 0.227. The quantitative estimate of drug-likeness (QED) is 0.694. The molecule has 7 nitrogen and oxygen atoms in total. The SMILES string of the molecule is COc1ccc(C(=O)O)c2c1CN(Cc1cc(=O)[nH]c(-c3ccccc3)n1)CC2. The summed E-state index contributed by atoms with van der Waals surface area (Å²) in [6, 6.07) is 14.3. The molecule has 0 spiro atoms. The van der Waals surface area contributed by atoms with Crippen molar-refractivity contribution in [3.63, 3.8) is 0 Å². The third-order valence-electron chi connectivity index (χ3n) is 5.13. The summed E-state index contributed by atoms with van der Waals surface area (Å²) >= 11 is 0. The number of aromatic carboxylic acids is 1. The normalized spacial score (nSPS) is 13.7. The largest absolute Gasteiger partial charge is 0.496 e. The van der Waals surface area contributed by atoms with Crippen LogP contribution in [0.4, 0.5) is 0 Å². The molecule has 1 aliphatic rings. The third-order valence-corrected chi connectivity index (χ3v) is 5.13. The number of rotatable bonds is 5. The Hall–Kier alpha value is -3.45. The van der Waals surface area contributed by atoms with Gasteiger partial charge in [-0.1, -0.05) is 30.3 Å².